The number of carbonyl (C=O) groups is 1. The van der Waals surface area contributed by atoms with Gasteiger partial charge in [-0.3, -0.25) is 9.59 Å². The molecule has 0 bridgehead atoms. The molecule has 0 saturated carbocycles. The molecule has 2 aliphatic rings. The van der Waals surface area contributed by atoms with Crippen LogP contribution >= 0.6 is 0 Å². The lowest BCUT2D eigenvalue weighted by Crippen LogP contribution is -2.44. The number of aromatic amines is 1. The number of fused-ring (bicyclic) bond motifs is 1. The number of nitrogens with one attached hydrogen (secondary N) is 1. The molecule has 2 heterocycles. The first kappa shape index (κ1) is 16.0. The predicted octanol–water partition coefficient (Wildman–Crippen LogP) is 1.78. The van der Waals surface area contributed by atoms with Crippen molar-refractivity contribution in [3.05, 3.63) is 62.8 Å². The highest BCUT2D eigenvalue weighted by Crippen LogP contribution is 2.27. The minimum absolute atomic E-state index is 0.0252. The van der Waals surface area contributed by atoms with Gasteiger partial charge in [0.1, 0.15) is 5.82 Å². The zero-order valence-corrected chi connectivity index (χ0v) is 14.2. The smallest absolute Gasteiger partial charge is 0.254 e. The molecule has 4 rings (SSSR count). The molecule has 1 aromatic carbocycles. The van der Waals surface area contributed by atoms with E-state index in [1.54, 1.807) is 11.8 Å². The minimum atomic E-state index is -0.337. The maximum atomic E-state index is 13.1. The molecule has 1 aliphatic heterocycles. The van der Waals surface area contributed by atoms with E-state index in [2.05, 4.69) is 16.0 Å². The van der Waals surface area contributed by atoms with E-state index in [1.165, 1.54) is 17.2 Å². The van der Waals surface area contributed by atoms with Gasteiger partial charge < -0.3 is 14.6 Å². The van der Waals surface area contributed by atoms with Crippen LogP contribution in [0.4, 0.5) is 0 Å². The highest BCUT2D eigenvalue weighted by molar-refractivity contribution is 5.95. The van der Waals surface area contributed by atoms with Crippen molar-refractivity contribution in [3.8, 4) is 0 Å². The first-order valence-corrected chi connectivity index (χ1v) is 8.70. The largest absolute Gasteiger partial charge is 0.377 e. The average molecular weight is 339 g/mol. The SMILES string of the molecule is Cc1nc(C2COCCN2C(=O)c2ccc3c(c2)CCC3)cc(=O)[nH]1. The van der Waals surface area contributed by atoms with Gasteiger partial charge in [0, 0.05) is 18.2 Å². The number of aromatic nitrogens is 2. The summed E-state index contributed by atoms with van der Waals surface area (Å²) in [6, 6.07) is 7.12. The summed E-state index contributed by atoms with van der Waals surface area (Å²) in [6.07, 6.45) is 3.29. The van der Waals surface area contributed by atoms with Crippen LogP contribution in [0.1, 0.15) is 45.5 Å². The number of hydrogen-bond donors (Lipinski definition) is 1. The Morgan fingerprint density at radius 3 is 2.96 bits per heavy atom. The van der Waals surface area contributed by atoms with Crippen molar-refractivity contribution in [2.24, 2.45) is 0 Å². The van der Waals surface area contributed by atoms with Crippen LogP contribution in [0.2, 0.25) is 0 Å². The molecule has 0 radical (unpaired) electrons. The standard InChI is InChI=1S/C19H21N3O3/c1-12-20-16(10-18(23)21-12)17-11-25-8-7-22(17)19(24)15-6-5-13-3-2-4-14(13)9-15/h5-6,9-10,17H,2-4,7-8,11H2,1H3,(H,20,21,23). The Morgan fingerprint density at radius 2 is 2.12 bits per heavy atom. The Labute approximate surface area is 145 Å². The van der Waals surface area contributed by atoms with Crippen LogP contribution in [-0.4, -0.2) is 40.5 Å². The van der Waals surface area contributed by atoms with E-state index in [0.29, 0.717) is 36.8 Å². The molecule has 1 aliphatic carbocycles. The van der Waals surface area contributed by atoms with Gasteiger partial charge in [-0.1, -0.05) is 6.07 Å². The number of benzene rings is 1. The van der Waals surface area contributed by atoms with Crippen LogP contribution in [0, 0.1) is 6.92 Å². The molecule has 0 spiro atoms. The van der Waals surface area contributed by atoms with Crippen molar-refractivity contribution >= 4 is 5.91 Å². The average Bonchev–Trinajstić information content (AvgIpc) is 3.08. The maximum Gasteiger partial charge on any atom is 0.254 e. The van der Waals surface area contributed by atoms with Crippen LogP contribution in [-0.2, 0) is 17.6 Å². The fourth-order valence-electron chi connectivity index (χ4n) is 3.74. The molecule has 25 heavy (non-hydrogen) atoms. The highest BCUT2D eigenvalue weighted by Gasteiger charge is 2.31. The normalized spacial score (nSPS) is 19.7. The quantitative estimate of drug-likeness (QED) is 0.905. The number of nitrogens with zero attached hydrogens (tertiary/aromatic N) is 2. The fraction of sp³-hybridized carbons (Fsp3) is 0.421. The molecule has 1 aromatic heterocycles. The Morgan fingerprint density at radius 1 is 1.28 bits per heavy atom. The van der Waals surface area contributed by atoms with Gasteiger partial charge >= 0.3 is 0 Å². The Balaban J connectivity index is 1.66. The van der Waals surface area contributed by atoms with Crippen molar-refractivity contribution in [1.82, 2.24) is 14.9 Å². The second-order valence-electron chi connectivity index (χ2n) is 6.68. The summed E-state index contributed by atoms with van der Waals surface area (Å²) < 4.78 is 5.56. The molecule has 1 fully saturated rings. The molecular weight excluding hydrogens is 318 g/mol. The van der Waals surface area contributed by atoms with Gasteiger partial charge in [0.05, 0.1) is 24.9 Å². The van der Waals surface area contributed by atoms with E-state index in [4.69, 9.17) is 4.74 Å². The van der Waals surface area contributed by atoms with Gasteiger partial charge in [-0.2, -0.15) is 0 Å². The first-order chi connectivity index (χ1) is 12.1. The van der Waals surface area contributed by atoms with Gasteiger partial charge in [-0.15, -0.1) is 0 Å². The number of aryl methyl sites for hydroxylation is 3. The minimum Gasteiger partial charge on any atom is -0.377 e. The summed E-state index contributed by atoms with van der Waals surface area (Å²) in [7, 11) is 0. The Bertz CT molecular complexity index is 874. The maximum absolute atomic E-state index is 13.1. The van der Waals surface area contributed by atoms with Gasteiger partial charge in [0.25, 0.3) is 11.5 Å². The van der Waals surface area contributed by atoms with E-state index in [9.17, 15) is 9.59 Å². The molecule has 1 saturated heterocycles. The van der Waals surface area contributed by atoms with Gasteiger partial charge in [-0.25, -0.2) is 4.98 Å². The second kappa shape index (κ2) is 6.44. The zero-order valence-electron chi connectivity index (χ0n) is 14.2. The van der Waals surface area contributed by atoms with Gasteiger partial charge in [-0.05, 0) is 49.4 Å². The first-order valence-electron chi connectivity index (χ1n) is 8.70. The lowest BCUT2D eigenvalue weighted by Gasteiger charge is -2.35. The number of H-pyrrole nitrogens is 1. The van der Waals surface area contributed by atoms with E-state index < -0.39 is 0 Å². The van der Waals surface area contributed by atoms with Crippen molar-refractivity contribution in [2.45, 2.75) is 32.2 Å². The van der Waals surface area contributed by atoms with Crippen molar-refractivity contribution in [2.75, 3.05) is 19.8 Å². The van der Waals surface area contributed by atoms with Crippen molar-refractivity contribution < 1.29 is 9.53 Å². The topological polar surface area (TPSA) is 75.3 Å². The monoisotopic (exact) mass is 339 g/mol. The van der Waals surface area contributed by atoms with E-state index >= 15 is 0 Å². The number of amides is 1. The summed E-state index contributed by atoms with van der Waals surface area (Å²) in [5.41, 5.74) is 3.70. The third-order valence-electron chi connectivity index (χ3n) is 4.96. The summed E-state index contributed by atoms with van der Waals surface area (Å²) in [4.78, 5) is 33.7. The molecule has 1 atom stereocenters. The Kier molecular flexibility index (Phi) is 4.13. The number of morpholine rings is 1. The van der Waals surface area contributed by atoms with Gasteiger partial charge in [0.2, 0.25) is 0 Å². The van der Waals surface area contributed by atoms with E-state index in [1.807, 2.05) is 12.1 Å². The lowest BCUT2D eigenvalue weighted by atomic mass is 10.0. The molecule has 6 heteroatoms. The second-order valence-corrected chi connectivity index (χ2v) is 6.68. The van der Waals surface area contributed by atoms with Crippen molar-refractivity contribution in [1.29, 1.82) is 0 Å². The molecular formula is C19H21N3O3. The highest BCUT2D eigenvalue weighted by atomic mass is 16.5. The van der Waals surface area contributed by atoms with Crippen LogP contribution in [0.15, 0.2) is 29.1 Å². The molecule has 1 N–H and O–H groups in total. The van der Waals surface area contributed by atoms with Crippen LogP contribution < -0.4 is 5.56 Å². The van der Waals surface area contributed by atoms with Crippen LogP contribution in [0.3, 0.4) is 0 Å². The fourth-order valence-corrected chi connectivity index (χ4v) is 3.74. The summed E-state index contributed by atoms with van der Waals surface area (Å²) in [5.74, 6) is 0.515. The third-order valence-corrected chi connectivity index (χ3v) is 4.96. The zero-order chi connectivity index (χ0) is 17.4. The van der Waals surface area contributed by atoms with Crippen LogP contribution in [0.25, 0.3) is 0 Å². The van der Waals surface area contributed by atoms with Crippen molar-refractivity contribution in [3.63, 3.8) is 0 Å². The summed E-state index contributed by atoms with van der Waals surface area (Å²) >= 11 is 0. The van der Waals surface area contributed by atoms with E-state index in [-0.39, 0.29) is 17.5 Å². The molecule has 1 unspecified atom stereocenters. The third kappa shape index (κ3) is 3.09. The summed E-state index contributed by atoms with van der Waals surface area (Å²) in [6.45, 7) is 3.08. The number of ether oxygens (including phenoxy) is 1. The number of carbonyl (C=O) groups excluding carboxylic acids is 1. The predicted molar refractivity (Wildman–Crippen MR) is 92.7 cm³/mol. The van der Waals surface area contributed by atoms with Crippen LogP contribution in [0.5, 0.6) is 0 Å². The molecule has 6 nitrogen and oxygen atoms in total. The number of hydrogen-bond acceptors (Lipinski definition) is 4. The molecule has 130 valence electrons. The molecule has 1 amide bonds. The Hall–Kier alpha value is -2.47. The summed E-state index contributed by atoms with van der Waals surface area (Å²) in [5, 5.41) is 0. The number of rotatable bonds is 2. The van der Waals surface area contributed by atoms with E-state index in [0.717, 1.165) is 19.3 Å². The molecule has 2 aromatic rings. The van der Waals surface area contributed by atoms with Gasteiger partial charge in [0.15, 0.2) is 0 Å². The lowest BCUT2D eigenvalue weighted by molar-refractivity contribution is -0.00401.